The van der Waals surface area contributed by atoms with Crippen molar-refractivity contribution < 1.29 is 19.8 Å². The molecule has 2 rings (SSSR count). The second-order valence-electron chi connectivity index (χ2n) is 5.29. The molecule has 1 N–H and O–H groups in total. The Labute approximate surface area is 167 Å². The zero-order chi connectivity index (χ0) is 20.2. The zero-order valence-electron chi connectivity index (χ0n) is 14.8. The number of nitrogens with zero attached hydrogens (tertiary/aromatic N) is 3. The third-order valence-electron chi connectivity index (χ3n) is 3.32. The minimum Gasteiger partial charge on any atom is -0.476 e. The number of imidazole rings is 1. The van der Waals surface area contributed by atoms with Crippen molar-refractivity contribution in [3.05, 3.63) is 69.2 Å². The second kappa shape index (κ2) is 12.2. The highest BCUT2D eigenvalue weighted by atomic mass is 35.5. The first kappa shape index (κ1) is 22.8. The average Bonchev–Trinajstić information content (AvgIpc) is 3.12. The van der Waals surface area contributed by atoms with Crippen molar-refractivity contribution in [1.29, 1.82) is 0 Å². The highest BCUT2D eigenvalue weighted by Gasteiger charge is 2.17. The molecule has 0 fully saturated rings. The molecule has 1 aromatic carbocycles. The number of ether oxygens (including phenoxy) is 2. The summed E-state index contributed by atoms with van der Waals surface area (Å²) in [6.45, 7) is 6.95. The molecule has 148 valence electrons. The van der Waals surface area contributed by atoms with Gasteiger partial charge in [-0.15, -0.1) is 10.1 Å². The summed E-state index contributed by atoms with van der Waals surface area (Å²) < 4.78 is 13.4. The highest BCUT2D eigenvalue weighted by molar-refractivity contribution is 6.35. The number of aromatic nitrogens is 2. The Morgan fingerprint density at radius 2 is 2.19 bits per heavy atom. The van der Waals surface area contributed by atoms with Gasteiger partial charge in [0.25, 0.3) is 5.09 Å². The van der Waals surface area contributed by atoms with E-state index in [1.54, 1.807) is 35.4 Å². The molecule has 1 aromatic heterocycles. The van der Waals surface area contributed by atoms with Crippen molar-refractivity contribution in [1.82, 2.24) is 9.55 Å². The summed E-state index contributed by atoms with van der Waals surface area (Å²) in [4.78, 5) is 12.3. The summed E-state index contributed by atoms with van der Waals surface area (Å²) in [6.07, 6.45) is 6.81. The van der Waals surface area contributed by atoms with Crippen LogP contribution >= 0.6 is 23.2 Å². The number of halogens is 2. The van der Waals surface area contributed by atoms with Crippen molar-refractivity contribution >= 4 is 29.1 Å². The average molecular weight is 418 g/mol. The van der Waals surface area contributed by atoms with Gasteiger partial charge < -0.3 is 14.7 Å². The smallest absolute Gasteiger partial charge is 0.291 e. The lowest BCUT2D eigenvalue weighted by atomic mass is 10.1. The van der Waals surface area contributed by atoms with Crippen molar-refractivity contribution in [3.8, 4) is 0 Å². The predicted molar refractivity (Wildman–Crippen MR) is 102 cm³/mol. The van der Waals surface area contributed by atoms with E-state index in [-0.39, 0.29) is 6.10 Å². The summed E-state index contributed by atoms with van der Waals surface area (Å²) in [5, 5.41) is 14.8. The van der Waals surface area contributed by atoms with E-state index in [1.807, 2.05) is 6.07 Å². The lowest BCUT2D eigenvalue weighted by molar-refractivity contribution is -0.742. The fourth-order valence-corrected chi connectivity index (χ4v) is 2.54. The summed E-state index contributed by atoms with van der Waals surface area (Å²) in [7, 11) is 0. The Morgan fingerprint density at radius 3 is 2.74 bits per heavy atom. The molecule has 0 bridgehead atoms. The molecular weight excluding hydrogens is 397 g/mol. The maximum absolute atomic E-state index is 8.36. The van der Waals surface area contributed by atoms with Gasteiger partial charge in [-0.2, -0.15) is 0 Å². The van der Waals surface area contributed by atoms with Crippen LogP contribution in [0.25, 0.3) is 5.88 Å². The van der Waals surface area contributed by atoms with Gasteiger partial charge in [0.15, 0.2) is 5.88 Å². The topological polar surface area (TPSA) is 99.7 Å². The van der Waals surface area contributed by atoms with Crippen LogP contribution in [0.4, 0.5) is 0 Å². The van der Waals surface area contributed by atoms with E-state index in [0.717, 1.165) is 18.4 Å². The molecule has 0 spiro atoms. The summed E-state index contributed by atoms with van der Waals surface area (Å²) in [5.41, 5.74) is 0.852. The van der Waals surface area contributed by atoms with E-state index < -0.39 is 5.09 Å². The Kier molecular flexibility index (Phi) is 10.2. The molecule has 27 heavy (non-hydrogen) atoms. The van der Waals surface area contributed by atoms with Crippen LogP contribution in [0.1, 0.15) is 31.4 Å². The van der Waals surface area contributed by atoms with Gasteiger partial charge in [-0.3, -0.25) is 4.57 Å². The van der Waals surface area contributed by atoms with Crippen LogP contribution < -0.4 is 0 Å². The van der Waals surface area contributed by atoms with Gasteiger partial charge >= 0.3 is 0 Å². The van der Waals surface area contributed by atoms with Crippen molar-refractivity contribution in [2.24, 2.45) is 0 Å². The van der Waals surface area contributed by atoms with Crippen LogP contribution in [-0.4, -0.2) is 33.1 Å². The van der Waals surface area contributed by atoms with E-state index in [1.165, 1.54) is 0 Å². The normalized spacial score (nSPS) is 11.2. The molecule has 8 nitrogen and oxygen atoms in total. The molecule has 0 saturated carbocycles. The van der Waals surface area contributed by atoms with E-state index in [0.29, 0.717) is 29.1 Å². The number of hydrogen-bond acceptors (Lipinski definition) is 5. The third-order valence-corrected chi connectivity index (χ3v) is 3.88. The first-order valence-corrected chi connectivity index (χ1v) is 8.80. The number of rotatable bonds is 9. The number of unbranched alkanes of at least 4 members (excludes halogenated alkanes) is 1. The summed E-state index contributed by atoms with van der Waals surface area (Å²) >= 11 is 12.3. The number of benzene rings is 1. The van der Waals surface area contributed by atoms with E-state index in [4.69, 9.17) is 48.0 Å². The second-order valence-corrected chi connectivity index (χ2v) is 6.13. The van der Waals surface area contributed by atoms with Crippen molar-refractivity contribution in [2.75, 3.05) is 13.2 Å². The van der Waals surface area contributed by atoms with Gasteiger partial charge in [-0.1, -0.05) is 42.6 Å². The molecule has 1 unspecified atom stereocenters. The van der Waals surface area contributed by atoms with Crippen LogP contribution in [0.2, 0.25) is 10.0 Å². The Balaban J connectivity index is 0.000000828. The predicted octanol–water partition coefficient (Wildman–Crippen LogP) is 4.85. The van der Waals surface area contributed by atoms with Crippen LogP contribution in [0, 0.1) is 10.1 Å². The van der Waals surface area contributed by atoms with Crippen LogP contribution in [0.3, 0.4) is 0 Å². The van der Waals surface area contributed by atoms with Gasteiger partial charge in [-0.25, -0.2) is 4.98 Å². The fourth-order valence-electron chi connectivity index (χ4n) is 2.01. The van der Waals surface area contributed by atoms with Gasteiger partial charge in [0, 0.05) is 34.6 Å². The molecule has 0 radical (unpaired) electrons. The summed E-state index contributed by atoms with van der Waals surface area (Å²) in [5.74, 6) is 0.483. The van der Waals surface area contributed by atoms with Gasteiger partial charge in [0.2, 0.25) is 0 Å². The molecule has 1 heterocycles. The molecule has 0 aliphatic carbocycles. The van der Waals surface area contributed by atoms with Crippen LogP contribution in [-0.2, 0) is 9.47 Å². The molecule has 1 atom stereocenters. The highest BCUT2D eigenvalue weighted by Crippen LogP contribution is 2.29. The van der Waals surface area contributed by atoms with Gasteiger partial charge in [0.1, 0.15) is 19.0 Å². The minimum atomic E-state index is -1.50. The SMILES string of the molecule is C=C(OCC(OCCCC)c1ccc(Cl)cc1Cl)n1ccnc1.O=[N+]([O-])O. The maximum Gasteiger partial charge on any atom is 0.291 e. The molecule has 0 aliphatic heterocycles. The molecule has 0 aliphatic rings. The molecule has 0 amide bonds. The minimum absolute atomic E-state index is 0.286. The molecular formula is C17H21Cl2N3O5. The first-order valence-electron chi connectivity index (χ1n) is 8.05. The zero-order valence-corrected chi connectivity index (χ0v) is 16.3. The van der Waals surface area contributed by atoms with Crippen LogP contribution in [0.5, 0.6) is 0 Å². The van der Waals surface area contributed by atoms with E-state index in [2.05, 4.69) is 18.5 Å². The molecule has 2 aromatic rings. The lowest BCUT2D eigenvalue weighted by Gasteiger charge is -2.21. The quantitative estimate of drug-likeness (QED) is 0.271. The fraction of sp³-hybridized carbons (Fsp3) is 0.353. The van der Waals surface area contributed by atoms with Gasteiger partial charge in [-0.05, 0) is 25.1 Å². The van der Waals surface area contributed by atoms with Crippen molar-refractivity contribution in [2.45, 2.75) is 25.9 Å². The monoisotopic (exact) mass is 417 g/mol. The summed E-state index contributed by atoms with van der Waals surface area (Å²) in [6, 6.07) is 5.37. The Bertz CT molecular complexity index is 721. The maximum atomic E-state index is 8.36. The lowest BCUT2D eigenvalue weighted by Crippen LogP contribution is -2.14. The molecule has 10 heteroatoms. The molecule has 0 saturated heterocycles. The standard InChI is InChI=1S/C17H20Cl2N2O2.HNO3/c1-3-4-9-22-17(15-6-5-14(18)10-16(15)19)11-23-13(2)21-8-7-20-12-21;2-1(3)4/h5-8,10,12,17H,2-4,9,11H2,1H3;(H,2,3,4). The van der Waals surface area contributed by atoms with Crippen LogP contribution in [0.15, 0.2) is 43.5 Å². The van der Waals surface area contributed by atoms with Crippen molar-refractivity contribution in [3.63, 3.8) is 0 Å². The van der Waals surface area contributed by atoms with E-state index in [9.17, 15) is 0 Å². The van der Waals surface area contributed by atoms with E-state index >= 15 is 0 Å². The Hall–Kier alpha value is -2.29. The first-order chi connectivity index (χ1) is 12.8. The Morgan fingerprint density at radius 1 is 1.48 bits per heavy atom. The number of hydrogen-bond donors (Lipinski definition) is 1. The third kappa shape index (κ3) is 8.76. The van der Waals surface area contributed by atoms with Gasteiger partial charge in [0.05, 0.1) is 0 Å². The largest absolute Gasteiger partial charge is 0.476 e.